The highest BCUT2D eigenvalue weighted by molar-refractivity contribution is 5.76. The Labute approximate surface area is 138 Å². The van der Waals surface area contributed by atoms with E-state index in [1.165, 1.54) is 0 Å². The van der Waals surface area contributed by atoms with E-state index < -0.39 is 0 Å². The Kier molecular flexibility index (Phi) is 6.86. The van der Waals surface area contributed by atoms with Crippen LogP contribution in [-0.4, -0.2) is 55.9 Å². The topological polar surface area (TPSA) is 59.0 Å². The number of carbonyl (C=O) groups is 1. The normalized spacial score (nSPS) is 21.2. The second-order valence-corrected chi connectivity index (χ2v) is 6.23. The number of benzene rings is 1. The number of nitrogens with zero attached hydrogens (tertiary/aromatic N) is 1. The van der Waals surface area contributed by atoms with Gasteiger partial charge in [0.2, 0.25) is 5.91 Å². The molecule has 0 saturated carbocycles. The summed E-state index contributed by atoms with van der Waals surface area (Å²) in [5.41, 5.74) is -0.218. The van der Waals surface area contributed by atoms with Crippen molar-refractivity contribution in [1.29, 1.82) is 0 Å². The van der Waals surface area contributed by atoms with Gasteiger partial charge in [-0.05, 0) is 31.4 Å². The van der Waals surface area contributed by atoms with Crippen LogP contribution in [-0.2, 0) is 9.53 Å². The summed E-state index contributed by atoms with van der Waals surface area (Å²) in [5, 5.41) is 9.77. The average Bonchev–Trinajstić information content (AvgIpc) is 2.61. The number of amides is 1. The summed E-state index contributed by atoms with van der Waals surface area (Å²) in [7, 11) is 1.66. The van der Waals surface area contributed by atoms with Gasteiger partial charge in [-0.1, -0.05) is 18.2 Å². The standard InChI is InChI=1S/C18H27NO4/c1-22-13-10-18(15-20)9-5-11-19(14-18)17(21)8-12-23-16-6-3-2-4-7-16/h2-4,6-7,20H,5,8-15H2,1H3. The minimum atomic E-state index is -0.218. The first-order chi connectivity index (χ1) is 11.2. The van der Waals surface area contributed by atoms with E-state index in [4.69, 9.17) is 9.47 Å². The van der Waals surface area contributed by atoms with Crippen molar-refractivity contribution in [2.24, 2.45) is 5.41 Å². The number of aliphatic hydroxyl groups excluding tert-OH is 1. The van der Waals surface area contributed by atoms with Crippen LogP contribution in [0.15, 0.2) is 30.3 Å². The molecule has 0 radical (unpaired) electrons. The number of methoxy groups -OCH3 is 1. The van der Waals surface area contributed by atoms with Gasteiger partial charge in [0, 0.05) is 32.2 Å². The molecular formula is C18H27NO4. The van der Waals surface area contributed by atoms with Crippen molar-refractivity contribution in [2.45, 2.75) is 25.7 Å². The van der Waals surface area contributed by atoms with Gasteiger partial charge in [0.1, 0.15) is 5.75 Å². The highest BCUT2D eigenvalue weighted by Gasteiger charge is 2.36. The SMILES string of the molecule is COCCC1(CO)CCCN(C(=O)CCOc2ccccc2)C1. The molecular weight excluding hydrogens is 294 g/mol. The molecule has 1 saturated heterocycles. The number of carbonyl (C=O) groups excluding carboxylic acids is 1. The zero-order valence-corrected chi connectivity index (χ0v) is 13.9. The van der Waals surface area contributed by atoms with E-state index in [2.05, 4.69) is 0 Å². The number of para-hydroxylation sites is 1. The Morgan fingerprint density at radius 3 is 2.78 bits per heavy atom. The summed E-state index contributed by atoms with van der Waals surface area (Å²) in [6.45, 7) is 2.46. The fourth-order valence-corrected chi connectivity index (χ4v) is 3.08. The third-order valence-electron chi connectivity index (χ3n) is 4.51. The van der Waals surface area contributed by atoms with Gasteiger partial charge in [-0.25, -0.2) is 0 Å². The number of rotatable bonds is 8. The highest BCUT2D eigenvalue weighted by atomic mass is 16.5. The quantitative estimate of drug-likeness (QED) is 0.796. The van der Waals surface area contributed by atoms with Crippen molar-refractivity contribution >= 4 is 5.91 Å². The molecule has 1 unspecified atom stereocenters. The number of hydrogen-bond acceptors (Lipinski definition) is 4. The number of aliphatic hydroxyl groups is 1. The zero-order chi connectivity index (χ0) is 16.5. The largest absolute Gasteiger partial charge is 0.493 e. The molecule has 1 aliphatic rings. The van der Waals surface area contributed by atoms with Crippen molar-refractivity contribution in [3.05, 3.63) is 30.3 Å². The highest BCUT2D eigenvalue weighted by Crippen LogP contribution is 2.33. The van der Waals surface area contributed by atoms with Gasteiger partial charge in [-0.15, -0.1) is 0 Å². The number of ether oxygens (including phenoxy) is 2. The van der Waals surface area contributed by atoms with E-state index in [9.17, 15) is 9.90 Å². The molecule has 1 fully saturated rings. The van der Waals surface area contributed by atoms with Crippen LogP contribution in [0.5, 0.6) is 5.75 Å². The maximum atomic E-state index is 12.4. The Balaban J connectivity index is 1.81. The number of piperidine rings is 1. The molecule has 1 N–H and O–H groups in total. The maximum Gasteiger partial charge on any atom is 0.226 e. The van der Waals surface area contributed by atoms with Crippen LogP contribution in [0.4, 0.5) is 0 Å². The first-order valence-corrected chi connectivity index (χ1v) is 8.24. The van der Waals surface area contributed by atoms with Crippen LogP contribution in [0.2, 0.25) is 0 Å². The Hall–Kier alpha value is -1.59. The molecule has 1 aliphatic heterocycles. The van der Waals surface area contributed by atoms with Crippen LogP contribution < -0.4 is 4.74 Å². The molecule has 128 valence electrons. The summed E-state index contributed by atoms with van der Waals surface area (Å²) >= 11 is 0. The molecule has 1 aromatic carbocycles. The third kappa shape index (κ3) is 5.22. The molecule has 23 heavy (non-hydrogen) atoms. The van der Waals surface area contributed by atoms with E-state index >= 15 is 0 Å². The molecule has 2 rings (SSSR count). The van der Waals surface area contributed by atoms with Crippen LogP contribution in [0.3, 0.4) is 0 Å². The van der Waals surface area contributed by atoms with Crippen LogP contribution in [0, 0.1) is 5.41 Å². The Bertz CT molecular complexity index is 479. The van der Waals surface area contributed by atoms with Crippen molar-refractivity contribution in [1.82, 2.24) is 4.90 Å². The second-order valence-electron chi connectivity index (χ2n) is 6.23. The molecule has 1 aromatic rings. The van der Waals surface area contributed by atoms with Crippen LogP contribution in [0.25, 0.3) is 0 Å². The smallest absolute Gasteiger partial charge is 0.226 e. The number of likely N-dealkylation sites (tertiary alicyclic amines) is 1. The predicted octanol–water partition coefficient (Wildman–Crippen LogP) is 2.09. The zero-order valence-electron chi connectivity index (χ0n) is 13.9. The lowest BCUT2D eigenvalue weighted by Crippen LogP contribution is -2.48. The first-order valence-electron chi connectivity index (χ1n) is 8.24. The third-order valence-corrected chi connectivity index (χ3v) is 4.51. The summed E-state index contributed by atoms with van der Waals surface area (Å²) in [5.74, 6) is 0.875. The molecule has 5 heteroatoms. The van der Waals surface area contributed by atoms with Gasteiger partial charge >= 0.3 is 0 Å². The summed E-state index contributed by atoms with van der Waals surface area (Å²) in [6.07, 6.45) is 3.01. The summed E-state index contributed by atoms with van der Waals surface area (Å²) in [6, 6.07) is 9.51. The minimum absolute atomic E-state index is 0.0934. The van der Waals surface area contributed by atoms with E-state index in [-0.39, 0.29) is 17.9 Å². The van der Waals surface area contributed by atoms with E-state index in [0.29, 0.717) is 26.2 Å². The fourth-order valence-electron chi connectivity index (χ4n) is 3.08. The van der Waals surface area contributed by atoms with Crippen molar-refractivity contribution in [3.8, 4) is 5.75 Å². The van der Waals surface area contributed by atoms with Gasteiger partial charge in [0.15, 0.2) is 0 Å². The fraction of sp³-hybridized carbons (Fsp3) is 0.611. The van der Waals surface area contributed by atoms with Crippen LogP contribution >= 0.6 is 0 Å². The number of hydrogen-bond donors (Lipinski definition) is 1. The molecule has 1 atom stereocenters. The van der Waals surface area contributed by atoms with Gasteiger partial charge in [0.05, 0.1) is 19.6 Å². The summed E-state index contributed by atoms with van der Waals surface area (Å²) < 4.78 is 10.7. The van der Waals surface area contributed by atoms with Crippen LogP contribution in [0.1, 0.15) is 25.7 Å². The van der Waals surface area contributed by atoms with E-state index in [1.54, 1.807) is 7.11 Å². The van der Waals surface area contributed by atoms with Gasteiger partial charge in [0.25, 0.3) is 0 Å². The summed E-state index contributed by atoms with van der Waals surface area (Å²) in [4.78, 5) is 14.3. The maximum absolute atomic E-state index is 12.4. The van der Waals surface area contributed by atoms with Gasteiger partial charge in [-0.2, -0.15) is 0 Å². The lowest BCUT2D eigenvalue weighted by atomic mass is 9.78. The molecule has 0 aromatic heterocycles. The molecule has 0 bridgehead atoms. The van der Waals surface area contributed by atoms with E-state index in [1.807, 2.05) is 35.2 Å². The van der Waals surface area contributed by atoms with Gasteiger partial charge < -0.3 is 19.5 Å². The van der Waals surface area contributed by atoms with Crippen molar-refractivity contribution < 1.29 is 19.4 Å². The lowest BCUT2D eigenvalue weighted by molar-refractivity contribution is -0.136. The van der Waals surface area contributed by atoms with Crippen molar-refractivity contribution in [2.75, 3.05) is 40.0 Å². The molecule has 0 spiro atoms. The average molecular weight is 321 g/mol. The molecule has 1 amide bonds. The Morgan fingerprint density at radius 2 is 2.09 bits per heavy atom. The van der Waals surface area contributed by atoms with E-state index in [0.717, 1.165) is 31.6 Å². The van der Waals surface area contributed by atoms with Crippen molar-refractivity contribution in [3.63, 3.8) is 0 Å². The first kappa shape index (κ1) is 17.8. The Morgan fingerprint density at radius 1 is 1.30 bits per heavy atom. The van der Waals surface area contributed by atoms with Gasteiger partial charge in [-0.3, -0.25) is 4.79 Å². The molecule has 1 heterocycles. The second kappa shape index (κ2) is 8.89. The minimum Gasteiger partial charge on any atom is -0.493 e. The lowest BCUT2D eigenvalue weighted by Gasteiger charge is -2.42. The monoisotopic (exact) mass is 321 g/mol. The predicted molar refractivity (Wildman–Crippen MR) is 88.4 cm³/mol. The molecule has 0 aliphatic carbocycles. The molecule has 5 nitrogen and oxygen atoms in total.